The van der Waals surface area contributed by atoms with Gasteiger partial charge in [0.15, 0.2) is 0 Å². The van der Waals surface area contributed by atoms with Crippen molar-refractivity contribution in [2.75, 3.05) is 6.61 Å². The fourth-order valence-corrected chi connectivity index (χ4v) is 1.99. The van der Waals surface area contributed by atoms with Crippen LogP contribution >= 0.6 is 0 Å². The van der Waals surface area contributed by atoms with Gasteiger partial charge in [-0.05, 0) is 30.5 Å². The normalized spacial score (nSPS) is 11.2. The van der Waals surface area contributed by atoms with Gasteiger partial charge in [0.25, 0.3) is 0 Å². The van der Waals surface area contributed by atoms with Crippen molar-refractivity contribution in [1.29, 1.82) is 0 Å². The van der Waals surface area contributed by atoms with Crippen molar-refractivity contribution in [1.82, 2.24) is 0 Å². The Balaban J connectivity index is 2.44. The Morgan fingerprint density at radius 2 is 1.60 bits per heavy atom. The summed E-state index contributed by atoms with van der Waals surface area (Å²) in [5.41, 5.74) is 4.08. The first-order chi connectivity index (χ1) is 9.70. The quantitative estimate of drug-likeness (QED) is 0.618. The number of esters is 1. The van der Waals surface area contributed by atoms with Gasteiger partial charge < -0.3 is 4.74 Å². The third kappa shape index (κ3) is 3.58. The standard InChI is InChI=1S/C18H18O2/c1-3-20-18(19)13-17(15-7-5-4-6-8-15)16-11-9-14(2)10-12-16/h4-13H,3H2,1-2H3/b17-13-. The van der Waals surface area contributed by atoms with Crippen molar-refractivity contribution in [2.45, 2.75) is 13.8 Å². The number of carbonyl (C=O) groups is 1. The molecular formula is C18H18O2. The minimum Gasteiger partial charge on any atom is -0.463 e. The summed E-state index contributed by atoms with van der Waals surface area (Å²) in [6.45, 7) is 4.23. The summed E-state index contributed by atoms with van der Waals surface area (Å²) in [7, 11) is 0. The molecule has 0 atom stereocenters. The molecule has 2 nitrogen and oxygen atoms in total. The third-order valence-electron chi connectivity index (χ3n) is 3.00. The smallest absolute Gasteiger partial charge is 0.331 e. The molecule has 2 aromatic carbocycles. The molecule has 0 aliphatic carbocycles. The van der Waals surface area contributed by atoms with Crippen LogP contribution in [-0.4, -0.2) is 12.6 Å². The zero-order chi connectivity index (χ0) is 14.4. The lowest BCUT2D eigenvalue weighted by atomic mass is 9.97. The Labute approximate surface area is 119 Å². The average Bonchev–Trinajstić information content (AvgIpc) is 2.47. The van der Waals surface area contributed by atoms with Gasteiger partial charge in [0.2, 0.25) is 0 Å². The van der Waals surface area contributed by atoms with Gasteiger partial charge in [-0.25, -0.2) is 4.79 Å². The molecule has 2 rings (SSSR count). The lowest BCUT2D eigenvalue weighted by Gasteiger charge is -2.09. The molecule has 2 heteroatoms. The molecule has 102 valence electrons. The number of hydrogen-bond acceptors (Lipinski definition) is 2. The summed E-state index contributed by atoms with van der Waals surface area (Å²) in [4.78, 5) is 11.8. The number of rotatable bonds is 4. The SMILES string of the molecule is CCOC(=O)/C=C(/c1ccccc1)c1ccc(C)cc1. The van der Waals surface area contributed by atoms with E-state index in [4.69, 9.17) is 4.74 Å². The molecule has 0 saturated carbocycles. The number of hydrogen-bond donors (Lipinski definition) is 0. The molecule has 0 amide bonds. The van der Waals surface area contributed by atoms with E-state index in [0.717, 1.165) is 16.7 Å². The third-order valence-corrected chi connectivity index (χ3v) is 3.00. The molecule has 0 aliphatic rings. The van der Waals surface area contributed by atoms with Crippen LogP contribution in [-0.2, 0) is 9.53 Å². The lowest BCUT2D eigenvalue weighted by molar-refractivity contribution is -0.137. The molecule has 0 aliphatic heterocycles. The Kier molecular flexibility index (Phi) is 4.72. The summed E-state index contributed by atoms with van der Waals surface area (Å²) in [6, 6.07) is 18.0. The Hall–Kier alpha value is -2.35. The summed E-state index contributed by atoms with van der Waals surface area (Å²) in [5.74, 6) is -0.313. The van der Waals surface area contributed by atoms with Crippen LogP contribution in [0.3, 0.4) is 0 Å². The predicted octanol–water partition coefficient (Wildman–Crippen LogP) is 3.99. The van der Waals surface area contributed by atoms with Crippen molar-refractivity contribution in [3.63, 3.8) is 0 Å². The van der Waals surface area contributed by atoms with Crippen LogP contribution in [0.2, 0.25) is 0 Å². The molecule has 0 radical (unpaired) electrons. The summed E-state index contributed by atoms with van der Waals surface area (Å²) in [5, 5.41) is 0. The minimum absolute atomic E-state index is 0.313. The van der Waals surface area contributed by atoms with Crippen LogP contribution in [0.4, 0.5) is 0 Å². The number of ether oxygens (including phenoxy) is 1. The summed E-state index contributed by atoms with van der Waals surface area (Å²) in [6.07, 6.45) is 1.56. The van der Waals surface area contributed by atoms with Gasteiger partial charge in [0.05, 0.1) is 6.61 Å². The number of benzene rings is 2. The minimum atomic E-state index is -0.313. The maximum absolute atomic E-state index is 11.8. The van der Waals surface area contributed by atoms with Crippen molar-refractivity contribution in [3.05, 3.63) is 77.4 Å². The van der Waals surface area contributed by atoms with Crippen molar-refractivity contribution >= 4 is 11.5 Å². The summed E-state index contributed by atoms with van der Waals surface area (Å²) >= 11 is 0. The highest BCUT2D eigenvalue weighted by Gasteiger charge is 2.08. The van der Waals surface area contributed by atoms with Gasteiger partial charge in [-0.3, -0.25) is 0 Å². The highest BCUT2D eigenvalue weighted by molar-refractivity contribution is 5.96. The summed E-state index contributed by atoms with van der Waals surface area (Å²) < 4.78 is 5.02. The second-order valence-electron chi connectivity index (χ2n) is 4.54. The molecule has 0 aromatic heterocycles. The molecule has 0 bridgehead atoms. The fraction of sp³-hybridized carbons (Fsp3) is 0.167. The molecule has 0 spiro atoms. The second kappa shape index (κ2) is 6.71. The van der Waals surface area contributed by atoms with Crippen LogP contribution in [0, 0.1) is 6.92 Å². The molecule has 20 heavy (non-hydrogen) atoms. The highest BCUT2D eigenvalue weighted by Crippen LogP contribution is 2.23. The van der Waals surface area contributed by atoms with Crippen molar-refractivity contribution in [2.24, 2.45) is 0 Å². The Bertz CT molecular complexity index is 595. The van der Waals surface area contributed by atoms with E-state index >= 15 is 0 Å². The van der Waals surface area contributed by atoms with E-state index in [2.05, 4.69) is 0 Å². The predicted molar refractivity (Wildman–Crippen MR) is 81.3 cm³/mol. The van der Waals surface area contributed by atoms with E-state index in [1.807, 2.05) is 61.5 Å². The van der Waals surface area contributed by atoms with Gasteiger partial charge in [0.1, 0.15) is 0 Å². The molecule has 0 unspecified atom stereocenters. The van der Waals surface area contributed by atoms with Gasteiger partial charge in [-0.15, -0.1) is 0 Å². The molecule has 0 N–H and O–H groups in total. The van der Waals surface area contributed by atoms with Gasteiger partial charge in [-0.2, -0.15) is 0 Å². The van der Waals surface area contributed by atoms with E-state index in [1.165, 1.54) is 5.56 Å². The number of carbonyl (C=O) groups excluding carboxylic acids is 1. The molecule has 0 heterocycles. The zero-order valence-electron chi connectivity index (χ0n) is 11.8. The Morgan fingerprint density at radius 1 is 1.00 bits per heavy atom. The van der Waals surface area contributed by atoms with Gasteiger partial charge in [0, 0.05) is 6.08 Å². The first kappa shape index (κ1) is 14.1. The molecule has 2 aromatic rings. The average molecular weight is 266 g/mol. The van der Waals surface area contributed by atoms with Crippen molar-refractivity contribution in [3.8, 4) is 0 Å². The van der Waals surface area contributed by atoms with E-state index in [-0.39, 0.29) is 5.97 Å². The maximum Gasteiger partial charge on any atom is 0.331 e. The topological polar surface area (TPSA) is 26.3 Å². The van der Waals surface area contributed by atoms with Crippen LogP contribution in [0.1, 0.15) is 23.6 Å². The fourth-order valence-electron chi connectivity index (χ4n) is 1.99. The monoisotopic (exact) mass is 266 g/mol. The lowest BCUT2D eigenvalue weighted by Crippen LogP contribution is -2.01. The second-order valence-corrected chi connectivity index (χ2v) is 4.54. The Morgan fingerprint density at radius 3 is 2.20 bits per heavy atom. The van der Waals surface area contributed by atoms with E-state index in [1.54, 1.807) is 13.0 Å². The van der Waals surface area contributed by atoms with Gasteiger partial charge >= 0.3 is 5.97 Å². The van der Waals surface area contributed by atoms with E-state index < -0.39 is 0 Å². The molecule has 0 saturated heterocycles. The molecular weight excluding hydrogens is 248 g/mol. The van der Waals surface area contributed by atoms with Crippen LogP contribution in [0.5, 0.6) is 0 Å². The van der Waals surface area contributed by atoms with Gasteiger partial charge in [-0.1, -0.05) is 60.2 Å². The first-order valence-electron chi connectivity index (χ1n) is 6.71. The first-order valence-corrected chi connectivity index (χ1v) is 6.71. The van der Waals surface area contributed by atoms with Crippen LogP contribution in [0.25, 0.3) is 5.57 Å². The largest absolute Gasteiger partial charge is 0.463 e. The number of aryl methyl sites for hydroxylation is 1. The van der Waals surface area contributed by atoms with E-state index in [0.29, 0.717) is 6.61 Å². The molecule has 0 fully saturated rings. The van der Waals surface area contributed by atoms with Crippen LogP contribution in [0.15, 0.2) is 60.7 Å². The van der Waals surface area contributed by atoms with Crippen molar-refractivity contribution < 1.29 is 9.53 Å². The van der Waals surface area contributed by atoms with Crippen LogP contribution < -0.4 is 0 Å². The highest BCUT2D eigenvalue weighted by atomic mass is 16.5. The van der Waals surface area contributed by atoms with E-state index in [9.17, 15) is 4.79 Å². The zero-order valence-corrected chi connectivity index (χ0v) is 11.8. The maximum atomic E-state index is 11.8.